The van der Waals surface area contributed by atoms with Crippen LogP contribution in [0.3, 0.4) is 0 Å². The number of Topliss-reactive ketones (excluding diaryl/α,β-unsaturated/α-hetero) is 1. The number of nitrogens with one attached hydrogen (secondary N) is 1. The van der Waals surface area contributed by atoms with E-state index < -0.39 is 0 Å². The number of para-hydroxylation sites is 1. The summed E-state index contributed by atoms with van der Waals surface area (Å²) in [7, 11) is 1.84. The molecule has 0 radical (unpaired) electrons. The molecule has 2 rings (SSSR count). The Hall–Kier alpha value is -2.87. The Morgan fingerprint density at radius 3 is 2.71 bits per heavy atom. The average molecular weight is 325 g/mol. The molecule has 4 nitrogen and oxygen atoms in total. The first-order valence-corrected chi connectivity index (χ1v) is 7.77. The SMILES string of the molecule is CC(=O)c1ccc(C#N)c(NCCCN(C)c2ccccc2F)c1. The quantitative estimate of drug-likeness (QED) is 0.621. The van der Waals surface area contributed by atoms with Crippen LogP contribution in [0.15, 0.2) is 42.5 Å². The number of carbonyl (C=O) groups is 1. The second kappa shape index (κ2) is 8.11. The molecule has 0 fully saturated rings. The van der Waals surface area contributed by atoms with E-state index in [-0.39, 0.29) is 11.6 Å². The van der Waals surface area contributed by atoms with Gasteiger partial charge in [0.2, 0.25) is 0 Å². The van der Waals surface area contributed by atoms with E-state index in [2.05, 4.69) is 11.4 Å². The van der Waals surface area contributed by atoms with Crippen LogP contribution in [0.25, 0.3) is 0 Å². The molecular weight excluding hydrogens is 305 g/mol. The maximum atomic E-state index is 13.7. The molecule has 0 saturated carbocycles. The Kier molecular flexibility index (Phi) is 5.91. The van der Waals surface area contributed by atoms with Crippen molar-refractivity contribution in [1.29, 1.82) is 5.26 Å². The van der Waals surface area contributed by atoms with Crippen molar-refractivity contribution in [2.75, 3.05) is 30.4 Å². The number of anilines is 2. The van der Waals surface area contributed by atoms with E-state index in [4.69, 9.17) is 5.26 Å². The molecule has 0 aromatic heterocycles. The van der Waals surface area contributed by atoms with Crippen molar-refractivity contribution >= 4 is 17.2 Å². The van der Waals surface area contributed by atoms with Gasteiger partial charge in [-0.2, -0.15) is 5.26 Å². The summed E-state index contributed by atoms with van der Waals surface area (Å²) in [6.07, 6.45) is 0.764. The highest BCUT2D eigenvalue weighted by Gasteiger charge is 2.08. The summed E-state index contributed by atoms with van der Waals surface area (Å²) >= 11 is 0. The number of benzene rings is 2. The monoisotopic (exact) mass is 325 g/mol. The van der Waals surface area contributed by atoms with Gasteiger partial charge in [0.05, 0.1) is 16.9 Å². The zero-order valence-corrected chi connectivity index (χ0v) is 13.8. The highest BCUT2D eigenvalue weighted by molar-refractivity contribution is 5.95. The number of ketones is 1. The lowest BCUT2D eigenvalue weighted by molar-refractivity contribution is 0.101. The minimum Gasteiger partial charge on any atom is -0.384 e. The van der Waals surface area contributed by atoms with E-state index >= 15 is 0 Å². The largest absolute Gasteiger partial charge is 0.384 e. The van der Waals surface area contributed by atoms with E-state index in [0.29, 0.717) is 35.6 Å². The summed E-state index contributed by atoms with van der Waals surface area (Å²) in [6.45, 7) is 2.78. The van der Waals surface area contributed by atoms with E-state index in [0.717, 1.165) is 6.42 Å². The van der Waals surface area contributed by atoms with Crippen molar-refractivity contribution in [2.45, 2.75) is 13.3 Å². The number of halogens is 1. The molecular formula is C19H20FN3O. The van der Waals surface area contributed by atoms with E-state index in [9.17, 15) is 9.18 Å². The lowest BCUT2D eigenvalue weighted by Crippen LogP contribution is -2.22. The fraction of sp³-hybridized carbons (Fsp3) is 0.263. The van der Waals surface area contributed by atoms with Crippen LogP contribution in [0.2, 0.25) is 0 Å². The second-order valence-electron chi connectivity index (χ2n) is 5.58. The van der Waals surface area contributed by atoms with Crippen molar-refractivity contribution in [3.63, 3.8) is 0 Å². The maximum Gasteiger partial charge on any atom is 0.159 e. The van der Waals surface area contributed by atoms with Crippen LogP contribution >= 0.6 is 0 Å². The van der Waals surface area contributed by atoms with Crippen LogP contribution in [0, 0.1) is 17.1 Å². The number of nitriles is 1. The van der Waals surface area contributed by atoms with Gasteiger partial charge in [-0.25, -0.2) is 4.39 Å². The van der Waals surface area contributed by atoms with Crippen molar-refractivity contribution < 1.29 is 9.18 Å². The van der Waals surface area contributed by atoms with Gasteiger partial charge in [-0.1, -0.05) is 12.1 Å². The first kappa shape index (κ1) is 17.5. The fourth-order valence-corrected chi connectivity index (χ4v) is 2.43. The van der Waals surface area contributed by atoms with Gasteiger partial charge in [0.1, 0.15) is 11.9 Å². The Balaban J connectivity index is 1.93. The second-order valence-corrected chi connectivity index (χ2v) is 5.58. The van der Waals surface area contributed by atoms with Gasteiger partial charge in [-0.15, -0.1) is 0 Å². The lowest BCUT2D eigenvalue weighted by Gasteiger charge is -2.20. The molecule has 0 unspecified atom stereocenters. The van der Waals surface area contributed by atoms with E-state index in [1.54, 1.807) is 36.4 Å². The third kappa shape index (κ3) is 4.32. The van der Waals surface area contributed by atoms with Crippen molar-refractivity contribution in [2.24, 2.45) is 0 Å². The van der Waals surface area contributed by atoms with Crippen molar-refractivity contribution in [3.05, 3.63) is 59.4 Å². The van der Waals surface area contributed by atoms with Gasteiger partial charge in [0.25, 0.3) is 0 Å². The molecule has 1 N–H and O–H groups in total. The average Bonchev–Trinajstić information content (AvgIpc) is 2.58. The minimum atomic E-state index is -0.242. The van der Waals surface area contributed by atoms with Gasteiger partial charge in [0, 0.05) is 25.7 Å². The number of hydrogen-bond donors (Lipinski definition) is 1. The third-order valence-corrected chi connectivity index (χ3v) is 3.80. The van der Waals surface area contributed by atoms with Gasteiger partial charge >= 0.3 is 0 Å². The molecule has 0 bridgehead atoms. The molecule has 0 spiro atoms. The standard InChI is InChI=1S/C19H20FN3O/c1-14(24)15-8-9-16(13-21)18(12-15)22-10-5-11-23(2)19-7-4-3-6-17(19)20/h3-4,6-9,12,22H,5,10-11H2,1-2H3. The Morgan fingerprint density at radius 2 is 2.04 bits per heavy atom. The number of carbonyl (C=O) groups excluding carboxylic acids is 1. The Morgan fingerprint density at radius 1 is 1.29 bits per heavy atom. The third-order valence-electron chi connectivity index (χ3n) is 3.80. The number of nitrogens with zero attached hydrogens (tertiary/aromatic N) is 2. The molecule has 0 saturated heterocycles. The molecule has 2 aromatic rings. The smallest absolute Gasteiger partial charge is 0.159 e. The lowest BCUT2D eigenvalue weighted by atomic mass is 10.1. The first-order valence-electron chi connectivity index (χ1n) is 7.77. The topological polar surface area (TPSA) is 56.1 Å². The summed E-state index contributed by atoms with van der Waals surface area (Å²) in [6, 6.07) is 13.8. The summed E-state index contributed by atoms with van der Waals surface area (Å²) in [5, 5.41) is 12.3. The summed E-state index contributed by atoms with van der Waals surface area (Å²) < 4.78 is 13.7. The van der Waals surface area contributed by atoms with Crippen molar-refractivity contribution in [1.82, 2.24) is 0 Å². The molecule has 0 heterocycles. The van der Waals surface area contributed by atoms with Gasteiger partial charge in [-0.05, 0) is 43.7 Å². The van der Waals surface area contributed by atoms with Gasteiger partial charge in [0.15, 0.2) is 5.78 Å². The van der Waals surface area contributed by atoms with Crippen LogP contribution in [0.4, 0.5) is 15.8 Å². The van der Waals surface area contributed by atoms with Crippen LogP contribution < -0.4 is 10.2 Å². The van der Waals surface area contributed by atoms with E-state index in [1.165, 1.54) is 13.0 Å². The Labute approximate surface area is 141 Å². The van der Waals surface area contributed by atoms with Crippen LogP contribution in [0.1, 0.15) is 29.3 Å². The van der Waals surface area contributed by atoms with Crippen LogP contribution in [-0.2, 0) is 0 Å². The molecule has 0 amide bonds. The summed E-state index contributed by atoms with van der Waals surface area (Å²) in [4.78, 5) is 13.3. The zero-order valence-electron chi connectivity index (χ0n) is 13.8. The summed E-state index contributed by atoms with van der Waals surface area (Å²) in [5.41, 5.74) is 2.29. The predicted octanol–water partition coefficient (Wildman–Crippen LogP) is 3.84. The van der Waals surface area contributed by atoms with Gasteiger partial charge in [-0.3, -0.25) is 4.79 Å². The maximum absolute atomic E-state index is 13.7. The van der Waals surface area contributed by atoms with Crippen LogP contribution in [-0.4, -0.2) is 25.9 Å². The molecule has 2 aromatic carbocycles. The Bertz CT molecular complexity index is 767. The molecule has 24 heavy (non-hydrogen) atoms. The zero-order chi connectivity index (χ0) is 17.5. The first-order chi connectivity index (χ1) is 11.5. The predicted molar refractivity (Wildman–Crippen MR) is 93.9 cm³/mol. The number of rotatable bonds is 7. The number of hydrogen-bond acceptors (Lipinski definition) is 4. The summed E-state index contributed by atoms with van der Waals surface area (Å²) in [5.74, 6) is -0.282. The molecule has 0 aliphatic heterocycles. The van der Waals surface area contributed by atoms with Gasteiger partial charge < -0.3 is 10.2 Å². The molecule has 0 atom stereocenters. The molecule has 124 valence electrons. The highest BCUT2D eigenvalue weighted by Crippen LogP contribution is 2.19. The minimum absolute atomic E-state index is 0.0400. The van der Waals surface area contributed by atoms with E-state index in [1.807, 2.05) is 11.9 Å². The molecule has 0 aliphatic carbocycles. The molecule has 5 heteroatoms. The highest BCUT2D eigenvalue weighted by atomic mass is 19.1. The normalized spacial score (nSPS) is 10.1. The fourth-order valence-electron chi connectivity index (χ4n) is 2.43. The molecule has 0 aliphatic rings. The van der Waals surface area contributed by atoms with Crippen molar-refractivity contribution in [3.8, 4) is 6.07 Å². The van der Waals surface area contributed by atoms with Crippen LogP contribution in [0.5, 0.6) is 0 Å².